The van der Waals surface area contributed by atoms with Gasteiger partial charge in [-0.25, -0.2) is 0 Å². The fourth-order valence-electron chi connectivity index (χ4n) is 1.08. The van der Waals surface area contributed by atoms with Crippen molar-refractivity contribution in [3.63, 3.8) is 0 Å². The Balaban J connectivity index is 3.02. The highest BCUT2D eigenvalue weighted by Gasteiger charge is 2.54. The van der Waals surface area contributed by atoms with Crippen LogP contribution in [-0.2, 0) is 6.54 Å². The maximum Gasteiger partial charge on any atom is 0.413 e. The van der Waals surface area contributed by atoms with Crippen molar-refractivity contribution in [3.05, 3.63) is 18.0 Å². The molecule has 0 aliphatic rings. The molecule has 0 amide bonds. The average molecular weight is 235 g/mol. The molecule has 0 aromatic carbocycles. The van der Waals surface area contributed by atoms with E-state index in [1.165, 1.54) is 10.9 Å². The van der Waals surface area contributed by atoms with Gasteiger partial charge in [0.05, 0.1) is 11.8 Å². The molecule has 2 N–H and O–H groups in total. The fourth-order valence-corrected chi connectivity index (χ4v) is 1.08. The molecule has 0 saturated heterocycles. The van der Waals surface area contributed by atoms with Crippen LogP contribution in [0.5, 0.6) is 0 Å². The van der Waals surface area contributed by atoms with E-state index in [0.717, 1.165) is 6.20 Å². The van der Waals surface area contributed by atoms with E-state index in [0.29, 0.717) is 13.5 Å². The lowest BCUT2D eigenvalue weighted by Gasteiger charge is -2.25. The van der Waals surface area contributed by atoms with Gasteiger partial charge in [0.1, 0.15) is 0 Å². The Morgan fingerprint density at radius 3 is 2.50 bits per heavy atom. The molecule has 90 valence electrons. The van der Waals surface area contributed by atoms with Gasteiger partial charge in [0, 0.05) is 12.7 Å². The topological polar surface area (TPSA) is 60.9 Å². The van der Waals surface area contributed by atoms with Crippen molar-refractivity contribution in [2.45, 2.75) is 32.1 Å². The third-order valence-electron chi connectivity index (χ3n) is 2.28. The lowest BCUT2D eigenvalue weighted by Crippen LogP contribution is -2.57. The van der Waals surface area contributed by atoms with Gasteiger partial charge in [-0.05, 0) is 13.8 Å². The number of nitrogens with two attached hydrogens (primary N) is 1. The van der Waals surface area contributed by atoms with E-state index < -0.39 is 17.5 Å². The number of aryl methyl sites for hydroxylation is 1. The molecule has 0 saturated carbocycles. The summed E-state index contributed by atoms with van der Waals surface area (Å²) in [5, 5.41) is 3.72. The van der Waals surface area contributed by atoms with Crippen LogP contribution >= 0.6 is 0 Å². The zero-order chi connectivity index (χ0) is 12.6. The third-order valence-corrected chi connectivity index (χ3v) is 2.28. The van der Waals surface area contributed by atoms with Gasteiger partial charge in [0.25, 0.3) is 0 Å². The second-order valence-electron chi connectivity index (χ2n) is 3.61. The van der Waals surface area contributed by atoms with E-state index in [2.05, 4.69) is 5.10 Å². The van der Waals surface area contributed by atoms with E-state index in [9.17, 15) is 18.0 Å². The molecule has 4 nitrogen and oxygen atoms in total. The predicted molar refractivity (Wildman–Crippen MR) is 50.9 cm³/mol. The quantitative estimate of drug-likeness (QED) is 0.805. The maximum atomic E-state index is 12.5. The predicted octanol–water partition coefficient (Wildman–Crippen LogP) is 1.37. The Labute approximate surface area is 90.2 Å². The zero-order valence-electron chi connectivity index (χ0n) is 8.88. The molecule has 0 aliphatic heterocycles. The molecule has 0 bridgehead atoms. The third kappa shape index (κ3) is 2.08. The van der Waals surface area contributed by atoms with Crippen LogP contribution < -0.4 is 5.73 Å². The molecule has 1 aromatic rings. The molecule has 0 radical (unpaired) electrons. The minimum Gasteiger partial charge on any atom is -0.311 e. The smallest absolute Gasteiger partial charge is 0.311 e. The van der Waals surface area contributed by atoms with Gasteiger partial charge in [-0.3, -0.25) is 9.48 Å². The van der Waals surface area contributed by atoms with Crippen molar-refractivity contribution >= 4 is 5.78 Å². The lowest BCUT2D eigenvalue weighted by atomic mass is 9.93. The van der Waals surface area contributed by atoms with Crippen molar-refractivity contribution in [1.29, 1.82) is 0 Å². The summed E-state index contributed by atoms with van der Waals surface area (Å²) in [5.41, 5.74) is 1.99. The van der Waals surface area contributed by atoms with Crippen LogP contribution in [-0.4, -0.2) is 27.3 Å². The molecule has 1 heterocycles. The minimum atomic E-state index is -4.78. The van der Waals surface area contributed by atoms with Crippen LogP contribution in [0.3, 0.4) is 0 Å². The highest BCUT2D eigenvalue weighted by atomic mass is 19.4. The Morgan fingerprint density at radius 2 is 2.12 bits per heavy atom. The summed E-state index contributed by atoms with van der Waals surface area (Å²) in [6.45, 7) is 2.88. The molecular formula is C9H12F3N3O. The Morgan fingerprint density at radius 1 is 1.56 bits per heavy atom. The van der Waals surface area contributed by atoms with Crippen molar-refractivity contribution in [2.24, 2.45) is 5.73 Å². The first-order valence-electron chi connectivity index (χ1n) is 4.63. The van der Waals surface area contributed by atoms with Crippen molar-refractivity contribution in [3.8, 4) is 0 Å². The first-order chi connectivity index (χ1) is 7.20. The van der Waals surface area contributed by atoms with Gasteiger partial charge in [-0.1, -0.05) is 0 Å². The maximum absolute atomic E-state index is 12.5. The highest BCUT2D eigenvalue weighted by Crippen LogP contribution is 2.30. The molecule has 0 fully saturated rings. The number of carbonyl (C=O) groups excluding carboxylic acids is 1. The van der Waals surface area contributed by atoms with Crippen LogP contribution in [0.4, 0.5) is 13.2 Å². The number of hydrogen-bond donors (Lipinski definition) is 1. The number of rotatable bonds is 3. The van der Waals surface area contributed by atoms with Crippen LogP contribution in [0.15, 0.2) is 12.4 Å². The normalized spacial score (nSPS) is 15.9. The summed E-state index contributed by atoms with van der Waals surface area (Å²) in [4.78, 5) is 11.5. The van der Waals surface area contributed by atoms with E-state index in [1.54, 1.807) is 6.92 Å². The minimum absolute atomic E-state index is 0.135. The van der Waals surface area contributed by atoms with Crippen LogP contribution in [0.2, 0.25) is 0 Å². The largest absolute Gasteiger partial charge is 0.413 e. The average Bonchev–Trinajstić information content (AvgIpc) is 2.62. The van der Waals surface area contributed by atoms with Crippen LogP contribution in [0.1, 0.15) is 24.2 Å². The van der Waals surface area contributed by atoms with E-state index in [4.69, 9.17) is 5.73 Å². The van der Waals surface area contributed by atoms with Gasteiger partial charge in [-0.2, -0.15) is 18.3 Å². The number of carbonyl (C=O) groups is 1. The van der Waals surface area contributed by atoms with Crippen LogP contribution in [0, 0.1) is 0 Å². The van der Waals surface area contributed by atoms with Crippen molar-refractivity contribution < 1.29 is 18.0 Å². The Hall–Kier alpha value is -1.37. The summed E-state index contributed by atoms with van der Waals surface area (Å²) < 4.78 is 38.8. The Kier molecular flexibility index (Phi) is 3.09. The summed E-state index contributed by atoms with van der Waals surface area (Å²) >= 11 is 0. The molecule has 16 heavy (non-hydrogen) atoms. The van der Waals surface area contributed by atoms with Gasteiger partial charge in [0.2, 0.25) is 0 Å². The van der Waals surface area contributed by atoms with Gasteiger partial charge >= 0.3 is 6.18 Å². The molecule has 1 atom stereocenters. The first-order valence-corrected chi connectivity index (χ1v) is 4.63. The molecule has 1 rings (SSSR count). The second-order valence-corrected chi connectivity index (χ2v) is 3.61. The first kappa shape index (κ1) is 12.7. The molecular weight excluding hydrogens is 223 g/mol. The summed E-state index contributed by atoms with van der Waals surface area (Å²) in [6.07, 6.45) is -2.44. The van der Waals surface area contributed by atoms with Crippen molar-refractivity contribution in [2.75, 3.05) is 0 Å². The number of ketones is 1. The number of Topliss-reactive ketones (excluding diaryl/α,β-unsaturated/α-hetero) is 1. The van der Waals surface area contributed by atoms with Crippen molar-refractivity contribution in [1.82, 2.24) is 9.78 Å². The summed E-state index contributed by atoms with van der Waals surface area (Å²) in [7, 11) is 0. The highest BCUT2D eigenvalue weighted by molar-refractivity contribution is 6.03. The van der Waals surface area contributed by atoms with E-state index >= 15 is 0 Å². The van der Waals surface area contributed by atoms with Gasteiger partial charge in [-0.15, -0.1) is 0 Å². The number of nitrogens with zero attached hydrogens (tertiary/aromatic N) is 2. The lowest BCUT2D eigenvalue weighted by molar-refractivity contribution is -0.165. The number of aromatic nitrogens is 2. The van der Waals surface area contributed by atoms with Crippen LogP contribution in [0.25, 0.3) is 0 Å². The fraction of sp³-hybridized carbons (Fsp3) is 0.556. The molecule has 0 aliphatic carbocycles. The Bertz CT molecular complexity index is 395. The molecule has 0 spiro atoms. The number of halogens is 3. The number of alkyl halides is 3. The molecule has 1 aromatic heterocycles. The van der Waals surface area contributed by atoms with Gasteiger partial charge < -0.3 is 5.73 Å². The summed E-state index contributed by atoms with van der Waals surface area (Å²) in [5.74, 6) is -1.18. The van der Waals surface area contributed by atoms with E-state index in [1.807, 2.05) is 0 Å². The molecule has 1 unspecified atom stereocenters. The van der Waals surface area contributed by atoms with Gasteiger partial charge in [0.15, 0.2) is 11.3 Å². The van der Waals surface area contributed by atoms with E-state index in [-0.39, 0.29) is 5.56 Å². The zero-order valence-corrected chi connectivity index (χ0v) is 8.88. The second kappa shape index (κ2) is 3.89. The SMILES string of the molecule is CCn1cc(C(=O)C(C)(N)C(F)(F)F)cn1. The summed E-state index contributed by atoms with van der Waals surface area (Å²) in [6, 6.07) is 0. The standard InChI is InChI=1S/C9H12F3N3O/c1-3-15-5-6(4-14-15)7(16)8(2,13)9(10,11)12/h4-5H,3,13H2,1-2H3. The number of hydrogen-bond acceptors (Lipinski definition) is 3. The molecule has 7 heteroatoms. The monoisotopic (exact) mass is 235 g/mol.